The Morgan fingerprint density at radius 2 is 1.79 bits per heavy atom. The Morgan fingerprint density at radius 3 is 2.54 bits per heavy atom. The molecule has 28 heavy (non-hydrogen) atoms. The third-order valence-corrected chi connectivity index (χ3v) is 7.19. The monoisotopic (exact) mass is 401 g/mol. The van der Waals surface area contributed by atoms with Crippen LogP contribution in [0.3, 0.4) is 0 Å². The van der Waals surface area contributed by atoms with Gasteiger partial charge < -0.3 is 9.88 Å². The van der Waals surface area contributed by atoms with E-state index in [4.69, 9.17) is 4.98 Å². The number of carbonyl (C=O) groups excluding carboxylic acids is 1. The molecule has 1 N–H and O–H groups in total. The Morgan fingerprint density at radius 1 is 1.11 bits per heavy atom. The van der Waals surface area contributed by atoms with Crippen molar-refractivity contribution in [2.24, 2.45) is 0 Å². The van der Waals surface area contributed by atoms with Gasteiger partial charge in [0.15, 0.2) is 5.16 Å². The molecule has 4 rings (SSSR count). The molecule has 2 aromatic heterocycles. The van der Waals surface area contributed by atoms with Crippen LogP contribution in [0.15, 0.2) is 17.4 Å². The number of rotatable bonds is 6. The van der Waals surface area contributed by atoms with Crippen molar-refractivity contribution in [1.29, 1.82) is 0 Å². The fourth-order valence-corrected chi connectivity index (χ4v) is 5.59. The molecule has 2 heterocycles. The lowest BCUT2D eigenvalue weighted by Crippen LogP contribution is -2.20. The van der Waals surface area contributed by atoms with Crippen LogP contribution in [0.5, 0.6) is 0 Å². The van der Waals surface area contributed by atoms with E-state index < -0.39 is 0 Å². The summed E-state index contributed by atoms with van der Waals surface area (Å²) in [6, 6.07) is 2.86. The second kappa shape index (κ2) is 8.72. The lowest BCUT2D eigenvalue weighted by molar-refractivity contribution is -0.113. The van der Waals surface area contributed by atoms with Gasteiger partial charge in [-0.3, -0.25) is 4.79 Å². The zero-order valence-corrected chi connectivity index (χ0v) is 17.8. The summed E-state index contributed by atoms with van der Waals surface area (Å²) in [4.78, 5) is 17.4. The first-order chi connectivity index (χ1) is 13.6. The molecule has 1 amide bonds. The molecule has 0 aliphatic heterocycles. The minimum atomic E-state index is 0.0123. The minimum absolute atomic E-state index is 0.0123. The SMILES string of the molecule is Cc1nc(SCC(=O)Nc2ccnn2C2CCCC2)n(C2CCCCC2)c1C. The van der Waals surface area contributed by atoms with E-state index in [2.05, 4.69) is 28.8 Å². The molecule has 2 aliphatic carbocycles. The molecule has 7 heteroatoms. The van der Waals surface area contributed by atoms with Gasteiger partial charge >= 0.3 is 0 Å². The lowest BCUT2D eigenvalue weighted by Gasteiger charge is -2.26. The molecule has 0 bridgehead atoms. The van der Waals surface area contributed by atoms with Crippen LogP contribution < -0.4 is 5.32 Å². The maximum atomic E-state index is 12.6. The molecule has 0 spiro atoms. The van der Waals surface area contributed by atoms with E-state index in [1.54, 1.807) is 18.0 Å². The number of aromatic nitrogens is 4. The zero-order valence-electron chi connectivity index (χ0n) is 17.0. The standard InChI is InChI=1S/C21H31N5OS/c1-15-16(2)25(17-8-4-3-5-9-17)21(23-15)28-14-20(27)24-19-12-13-22-26(19)18-10-6-7-11-18/h12-13,17-18H,3-11,14H2,1-2H3,(H,24,27). The van der Waals surface area contributed by atoms with Gasteiger partial charge in [0.05, 0.1) is 23.7 Å². The van der Waals surface area contributed by atoms with E-state index >= 15 is 0 Å². The predicted octanol–water partition coefficient (Wildman–Crippen LogP) is 5.05. The Hall–Kier alpha value is -1.76. The third-order valence-electron chi connectivity index (χ3n) is 6.23. The Kier molecular flexibility index (Phi) is 6.09. The zero-order chi connectivity index (χ0) is 19.5. The number of anilines is 1. The predicted molar refractivity (Wildman–Crippen MR) is 113 cm³/mol. The lowest BCUT2D eigenvalue weighted by atomic mass is 9.95. The van der Waals surface area contributed by atoms with Gasteiger partial charge in [0.25, 0.3) is 0 Å². The Balaban J connectivity index is 1.40. The second-order valence-corrected chi connectivity index (χ2v) is 9.11. The summed E-state index contributed by atoms with van der Waals surface area (Å²) in [6.45, 7) is 4.22. The number of imidazole rings is 1. The molecule has 0 saturated heterocycles. The highest BCUT2D eigenvalue weighted by Crippen LogP contribution is 2.34. The van der Waals surface area contributed by atoms with Gasteiger partial charge in [0, 0.05) is 17.8 Å². The summed E-state index contributed by atoms with van der Waals surface area (Å²) >= 11 is 1.55. The normalized spacial score (nSPS) is 18.6. The highest BCUT2D eigenvalue weighted by Gasteiger charge is 2.23. The highest BCUT2D eigenvalue weighted by molar-refractivity contribution is 7.99. The first-order valence-electron chi connectivity index (χ1n) is 10.6. The second-order valence-electron chi connectivity index (χ2n) is 8.16. The van der Waals surface area contributed by atoms with Crippen molar-refractivity contribution < 1.29 is 4.79 Å². The third kappa shape index (κ3) is 4.14. The summed E-state index contributed by atoms with van der Waals surface area (Å²) in [5.41, 5.74) is 2.32. The van der Waals surface area contributed by atoms with E-state index in [1.165, 1.54) is 50.6 Å². The van der Waals surface area contributed by atoms with Crippen molar-refractivity contribution in [3.05, 3.63) is 23.7 Å². The Labute approximate surface area is 171 Å². The summed E-state index contributed by atoms with van der Waals surface area (Å²) < 4.78 is 4.38. The number of carbonyl (C=O) groups is 1. The van der Waals surface area contributed by atoms with Gasteiger partial charge in [-0.25, -0.2) is 9.67 Å². The Bertz CT molecular complexity index is 815. The van der Waals surface area contributed by atoms with Gasteiger partial charge in [-0.1, -0.05) is 43.9 Å². The molecule has 0 radical (unpaired) electrons. The number of aryl methyl sites for hydroxylation is 1. The summed E-state index contributed by atoms with van der Waals surface area (Å²) in [6.07, 6.45) is 12.9. The minimum Gasteiger partial charge on any atom is -0.320 e. The number of thioether (sulfide) groups is 1. The van der Waals surface area contributed by atoms with Crippen molar-refractivity contribution in [2.75, 3.05) is 11.1 Å². The van der Waals surface area contributed by atoms with Crippen molar-refractivity contribution in [3.8, 4) is 0 Å². The van der Waals surface area contributed by atoms with Crippen LogP contribution in [0.2, 0.25) is 0 Å². The summed E-state index contributed by atoms with van der Waals surface area (Å²) in [5.74, 6) is 1.21. The molecule has 6 nitrogen and oxygen atoms in total. The van der Waals surface area contributed by atoms with Gasteiger partial charge in [-0.15, -0.1) is 0 Å². The van der Waals surface area contributed by atoms with Crippen LogP contribution in [0.4, 0.5) is 5.82 Å². The number of nitrogens with one attached hydrogen (secondary N) is 1. The topological polar surface area (TPSA) is 64.7 Å². The fraction of sp³-hybridized carbons (Fsp3) is 0.667. The maximum absolute atomic E-state index is 12.6. The van der Waals surface area contributed by atoms with Crippen LogP contribution >= 0.6 is 11.8 Å². The van der Waals surface area contributed by atoms with Crippen LogP contribution in [-0.4, -0.2) is 31.0 Å². The van der Waals surface area contributed by atoms with Crippen molar-refractivity contribution >= 4 is 23.5 Å². The number of nitrogens with zero attached hydrogens (tertiary/aromatic N) is 4. The van der Waals surface area contributed by atoms with Crippen LogP contribution in [0.25, 0.3) is 0 Å². The maximum Gasteiger partial charge on any atom is 0.235 e. The molecule has 2 saturated carbocycles. The molecule has 2 fully saturated rings. The largest absolute Gasteiger partial charge is 0.320 e. The van der Waals surface area contributed by atoms with Crippen molar-refractivity contribution in [1.82, 2.24) is 19.3 Å². The molecule has 0 aromatic carbocycles. The summed E-state index contributed by atoms with van der Waals surface area (Å²) in [5, 5.41) is 8.49. The molecule has 2 aliphatic rings. The van der Waals surface area contributed by atoms with Crippen LogP contribution in [-0.2, 0) is 4.79 Å². The summed E-state index contributed by atoms with van der Waals surface area (Å²) in [7, 11) is 0. The fourth-order valence-electron chi connectivity index (χ4n) is 4.63. The molecule has 0 atom stereocenters. The number of hydrogen-bond donors (Lipinski definition) is 1. The van der Waals surface area contributed by atoms with Crippen molar-refractivity contribution in [2.45, 2.75) is 88.9 Å². The van der Waals surface area contributed by atoms with Gasteiger partial charge in [-0.05, 0) is 39.5 Å². The van der Waals surface area contributed by atoms with E-state index in [0.717, 1.165) is 29.5 Å². The molecular weight excluding hydrogens is 370 g/mol. The van der Waals surface area contributed by atoms with Crippen molar-refractivity contribution in [3.63, 3.8) is 0 Å². The van der Waals surface area contributed by atoms with E-state index in [-0.39, 0.29) is 5.91 Å². The molecule has 2 aromatic rings. The van der Waals surface area contributed by atoms with Crippen LogP contribution in [0, 0.1) is 13.8 Å². The van der Waals surface area contributed by atoms with Gasteiger partial charge in [-0.2, -0.15) is 5.10 Å². The molecule has 152 valence electrons. The molecular formula is C21H31N5OS. The molecule has 0 unspecified atom stereocenters. The van der Waals surface area contributed by atoms with E-state index in [0.29, 0.717) is 17.8 Å². The first kappa shape index (κ1) is 19.6. The highest BCUT2D eigenvalue weighted by atomic mass is 32.2. The smallest absolute Gasteiger partial charge is 0.235 e. The number of amides is 1. The average molecular weight is 402 g/mol. The number of hydrogen-bond acceptors (Lipinski definition) is 4. The van der Waals surface area contributed by atoms with Crippen LogP contribution in [0.1, 0.15) is 81.3 Å². The van der Waals surface area contributed by atoms with Gasteiger partial charge in [0.1, 0.15) is 5.82 Å². The van der Waals surface area contributed by atoms with E-state index in [1.807, 2.05) is 10.7 Å². The average Bonchev–Trinajstić information content (AvgIpc) is 3.42. The van der Waals surface area contributed by atoms with Gasteiger partial charge in [0.2, 0.25) is 5.91 Å². The van der Waals surface area contributed by atoms with E-state index in [9.17, 15) is 4.79 Å². The first-order valence-corrected chi connectivity index (χ1v) is 11.6. The quantitative estimate of drug-likeness (QED) is 0.688.